The van der Waals surface area contributed by atoms with Crippen LogP contribution in [0.1, 0.15) is 17.5 Å². The monoisotopic (exact) mass is 311 g/mol. The lowest BCUT2D eigenvalue weighted by atomic mass is 10.1. The van der Waals surface area contributed by atoms with E-state index in [1.165, 1.54) is 4.31 Å². The Bertz CT molecular complexity index is 670. The van der Waals surface area contributed by atoms with Gasteiger partial charge in [-0.25, -0.2) is 8.42 Å². The molecule has 0 unspecified atom stereocenters. The Morgan fingerprint density at radius 1 is 1.19 bits per heavy atom. The first-order valence-corrected chi connectivity index (χ1v) is 8.29. The van der Waals surface area contributed by atoms with E-state index in [4.69, 9.17) is 5.73 Å². The van der Waals surface area contributed by atoms with Gasteiger partial charge in [-0.05, 0) is 37.5 Å². The molecular formula is C14H21N3O3S. The fourth-order valence-electron chi connectivity index (χ4n) is 2.45. The molecule has 2 rings (SSSR count). The summed E-state index contributed by atoms with van der Waals surface area (Å²) in [6.07, 6.45) is 0.617. The van der Waals surface area contributed by atoms with E-state index in [-0.39, 0.29) is 23.0 Å². The van der Waals surface area contributed by atoms with Gasteiger partial charge >= 0.3 is 0 Å². The summed E-state index contributed by atoms with van der Waals surface area (Å²) in [7, 11) is -2.08. The number of rotatable bonds is 2. The van der Waals surface area contributed by atoms with Gasteiger partial charge in [0.1, 0.15) is 4.90 Å². The number of nitrogen functional groups attached to an aromatic ring is 1. The van der Waals surface area contributed by atoms with Crippen molar-refractivity contribution in [3.05, 3.63) is 23.3 Å². The van der Waals surface area contributed by atoms with Crippen molar-refractivity contribution in [2.45, 2.75) is 25.2 Å². The van der Waals surface area contributed by atoms with E-state index in [1.807, 2.05) is 6.92 Å². The number of nitrogens with zero attached hydrogens (tertiary/aromatic N) is 2. The molecule has 0 saturated carbocycles. The van der Waals surface area contributed by atoms with E-state index in [0.717, 1.165) is 5.56 Å². The van der Waals surface area contributed by atoms with Gasteiger partial charge in [-0.1, -0.05) is 6.07 Å². The van der Waals surface area contributed by atoms with Gasteiger partial charge in [0.25, 0.3) is 0 Å². The van der Waals surface area contributed by atoms with Crippen LogP contribution in [0.15, 0.2) is 17.0 Å². The molecule has 6 nitrogen and oxygen atoms in total. The lowest BCUT2D eigenvalue weighted by Gasteiger charge is -2.22. The van der Waals surface area contributed by atoms with Crippen LogP contribution >= 0.6 is 0 Å². The second kappa shape index (κ2) is 5.65. The minimum Gasteiger partial charge on any atom is -0.398 e. The first-order chi connectivity index (χ1) is 9.75. The van der Waals surface area contributed by atoms with Crippen molar-refractivity contribution in [2.24, 2.45) is 0 Å². The molecule has 1 aliphatic heterocycles. The van der Waals surface area contributed by atoms with Crippen LogP contribution in [0.4, 0.5) is 5.69 Å². The number of carbonyl (C=O) groups excluding carboxylic acids is 1. The van der Waals surface area contributed by atoms with Gasteiger partial charge in [-0.15, -0.1) is 0 Å². The van der Waals surface area contributed by atoms with E-state index < -0.39 is 10.0 Å². The zero-order chi connectivity index (χ0) is 15.8. The summed E-state index contributed by atoms with van der Waals surface area (Å²) in [4.78, 5) is 13.6. The molecule has 1 amide bonds. The molecule has 1 aliphatic rings. The van der Waals surface area contributed by atoms with Crippen molar-refractivity contribution in [3.8, 4) is 0 Å². The molecule has 1 fully saturated rings. The molecule has 0 spiro atoms. The minimum atomic E-state index is -3.76. The fraction of sp³-hybridized carbons (Fsp3) is 0.500. The van der Waals surface area contributed by atoms with E-state index in [2.05, 4.69) is 0 Å². The highest BCUT2D eigenvalue weighted by molar-refractivity contribution is 7.89. The molecule has 1 aromatic rings. The highest BCUT2D eigenvalue weighted by Gasteiger charge is 2.32. The largest absolute Gasteiger partial charge is 0.398 e. The number of likely N-dealkylation sites (N-methyl/N-ethyl adjacent to an activating group) is 1. The zero-order valence-electron chi connectivity index (χ0n) is 12.6. The molecule has 1 aromatic carbocycles. The van der Waals surface area contributed by atoms with Crippen LogP contribution in [0.3, 0.4) is 0 Å². The zero-order valence-corrected chi connectivity index (χ0v) is 13.4. The number of aryl methyl sites for hydroxylation is 1. The van der Waals surface area contributed by atoms with E-state index in [1.54, 1.807) is 31.0 Å². The molecule has 0 aromatic heterocycles. The van der Waals surface area contributed by atoms with Gasteiger partial charge in [-0.2, -0.15) is 4.31 Å². The molecule has 0 bridgehead atoms. The Hall–Kier alpha value is -1.60. The van der Waals surface area contributed by atoms with Crippen LogP contribution in [0, 0.1) is 13.8 Å². The number of amides is 1. The summed E-state index contributed by atoms with van der Waals surface area (Å²) in [5, 5.41) is 0. The summed E-state index contributed by atoms with van der Waals surface area (Å²) in [6.45, 7) is 4.34. The molecule has 21 heavy (non-hydrogen) atoms. The van der Waals surface area contributed by atoms with Crippen LogP contribution in [-0.4, -0.2) is 50.2 Å². The third kappa shape index (κ3) is 2.89. The quantitative estimate of drug-likeness (QED) is 0.817. The van der Waals surface area contributed by atoms with Crippen LogP contribution in [-0.2, 0) is 14.8 Å². The molecule has 1 heterocycles. The average molecular weight is 311 g/mol. The Morgan fingerprint density at radius 3 is 2.52 bits per heavy atom. The van der Waals surface area contributed by atoms with Gasteiger partial charge in [0, 0.05) is 20.1 Å². The Morgan fingerprint density at radius 2 is 1.86 bits per heavy atom. The normalized spacial score (nSPS) is 17.9. The smallest absolute Gasteiger partial charge is 0.245 e. The lowest BCUT2D eigenvalue weighted by Crippen LogP contribution is -2.38. The second-order valence-corrected chi connectivity index (χ2v) is 7.31. The SMILES string of the molecule is Cc1ccc(N)c(S(=O)(=O)N2CCCN(C)C(=O)C2)c1C. The third-order valence-corrected chi connectivity index (χ3v) is 5.99. The predicted molar refractivity (Wildman–Crippen MR) is 81.3 cm³/mol. The number of hydrogen-bond donors (Lipinski definition) is 1. The summed E-state index contributed by atoms with van der Waals surface area (Å²) in [6, 6.07) is 3.39. The fourth-order valence-corrected chi connectivity index (χ4v) is 4.27. The maximum Gasteiger partial charge on any atom is 0.245 e. The number of hydrogen-bond acceptors (Lipinski definition) is 4. The van der Waals surface area contributed by atoms with Crippen LogP contribution < -0.4 is 5.73 Å². The van der Waals surface area contributed by atoms with Crippen LogP contribution in [0.5, 0.6) is 0 Å². The molecule has 0 aliphatic carbocycles. The standard InChI is InChI=1S/C14H21N3O3S/c1-10-5-6-12(15)14(11(10)2)21(19,20)17-8-4-7-16(3)13(18)9-17/h5-6H,4,7-9,15H2,1-3H3. The Kier molecular flexibility index (Phi) is 4.25. The number of sulfonamides is 1. The second-order valence-electron chi connectivity index (χ2n) is 5.43. The van der Waals surface area contributed by atoms with Gasteiger partial charge in [0.05, 0.1) is 12.2 Å². The first kappa shape index (κ1) is 15.8. The van der Waals surface area contributed by atoms with Crippen LogP contribution in [0.2, 0.25) is 0 Å². The minimum absolute atomic E-state index is 0.125. The summed E-state index contributed by atoms with van der Waals surface area (Å²) in [5.41, 5.74) is 7.61. The maximum atomic E-state index is 12.9. The molecular weight excluding hydrogens is 290 g/mol. The van der Waals surface area contributed by atoms with Gasteiger partial charge in [0.2, 0.25) is 15.9 Å². The van der Waals surface area contributed by atoms with E-state index in [0.29, 0.717) is 25.1 Å². The highest BCUT2D eigenvalue weighted by Crippen LogP contribution is 2.28. The molecule has 0 radical (unpaired) electrons. The van der Waals surface area contributed by atoms with Crippen LogP contribution in [0.25, 0.3) is 0 Å². The molecule has 2 N–H and O–H groups in total. The highest BCUT2D eigenvalue weighted by atomic mass is 32.2. The number of carbonyl (C=O) groups is 1. The topological polar surface area (TPSA) is 83.7 Å². The first-order valence-electron chi connectivity index (χ1n) is 6.85. The number of nitrogens with two attached hydrogens (primary N) is 1. The van der Waals surface area contributed by atoms with Gasteiger partial charge < -0.3 is 10.6 Å². The third-order valence-electron chi connectivity index (χ3n) is 3.94. The van der Waals surface area contributed by atoms with Crippen molar-refractivity contribution in [3.63, 3.8) is 0 Å². The summed E-state index contributed by atoms with van der Waals surface area (Å²) in [5.74, 6) is -0.194. The average Bonchev–Trinajstić information content (AvgIpc) is 2.57. The van der Waals surface area contributed by atoms with Crippen molar-refractivity contribution in [1.82, 2.24) is 9.21 Å². The van der Waals surface area contributed by atoms with E-state index in [9.17, 15) is 13.2 Å². The Labute approximate surface area is 125 Å². The lowest BCUT2D eigenvalue weighted by molar-refractivity contribution is -0.129. The number of anilines is 1. The van der Waals surface area contributed by atoms with Crippen molar-refractivity contribution in [2.75, 3.05) is 32.4 Å². The predicted octanol–water partition coefficient (Wildman–Crippen LogP) is 0.738. The molecule has 0 atom stereocenters. The summed E-state index contributed by atoms with van der Waals surface area (Å²) < 4.78 is 27.0. The molecule has 116 valence electrons. The van der Waals surface area contributed by atoms with Crippen molar-refractivity contribution in [1.29, 1.82) is 0 Å². The van der Waals surface area contributed by atoms with Crippen molar-refractivity contribution < 1.29 is 13.2 Å². The van der Waals surface area contributed by atoms with Gasteiger partial charge in [0.15, 0.2) is 0 Å². The van der Waals surface area contributed by atoms with E-state index >= 15 is 0 Å². The van der Waals surface area contributed by atoms with Crippen molar-refractivity contribution >= 4 is 21.6 Å². The summed E-state index contributed by atoms with van der Waals surface area (Å²) >= 11 is 0. The molecule has 7 heteroatoms. The number of benzene rings is 1. The Balaban J connectivity index is 2.47. The van der Waals surface area contributed by atoms with Gasteiger partial charge in [-0.3, -0.25) is 4.79 Å². The molecule has 1 saturated heterocycles. The maximum absolute atomic E-state index is 12.9.